The molecule has 0 N–H and O–H groups in total. The van der Waals surface area contributed by atoms with Gasteiger partial charge in [0.2, 0.25) is 0 Å². The Labute approximate surface area is 281 Å². The van der Waals surface area contributed by atoms with Crippen LogP contribution in [0.1, 0.15) is 0 Å². The maximum atomic E-state index is 2.36. The summed E-state index contributed by atoms with van der Waals surface area (Å²) in [4.78, 5) is 0. The van der Waals surface area contributed by atoms with Gasteiger partial charge in [-0.25, -0.2) is 0 Å². The summed E-state index contributed by atoms with van der Waals surface area (Å²) in [5.41, 5.74) is 12.4. The summed E-state index contributed by atoms with van der Waals surface area (Å²) in [5, 5.41) is 7.57. The van der Waals surface area contributed by atoms with Crippen LogP contribution >= 0.6 is 0 Å². The molecule has 0 atom stereocenters. The van der Waals surface area contributed by atoms with Gasteiger partial charge in [0.1, 0.15) is 0 Å². The molecule has 0 aliphatic carbocycles. The van der Waals surface area contributed by atoms with Crippen molar-refractivity contribution in [3.05, 3.63) is 194 Å². The molecule has 0 heterocycles. The minimum Gasteiger partial charge on any atom is -0.0622 e. The normalized spacial score (nSPS) is 11.3. The van der Waals surface area contributed by atoms with Crippen LogP contribution in [0.15, 0.2) is 194 Å². The monoisotopic (exact) mass is 608 g/mol. The van der Waals surface area contributed by atoms with Crippen LogP contribution in [0.5, 0.6) is 0 Å². The second-order valence-corrected chi connectivity index (χ2v) is 12.4. The highest BCUT2D eigenvalue weighted by Gasteiger charge is 2.21. The van der Waals surface area contributed by atoms with Gasteiger partial charge in [-0.2, -0.15) is 0 Å². The highest BCUT2D eigenvalue weighted by Crippen LogP contribution is 2.48. The molecule has 9 rings (SSSR count). The molecule has 0 aliphatic heterocycles. The number of fused-ring (bicyclic) bond motifs is 3. The van der Waals surface area contributed by atoms with Crippen LogP contribution in [0.3, 0.4) is 0 Å². The Balaban J connectivity index is 1.39. The van der Waals surface area contributed by atoms with E-state index in [1.165, 1.54) is 88.0 Å². The molecule has 0 fully saturated rings. The first-order chi connectivity index (χ1) is 23.8. The van der Waals surface area contributed by atoms with Crippen molar-refractivity contribution in [3.63, 3.8) is 0 Å². The van der Waals surface area contributed by atoms with Crippen molar-refractivity contribution in [2.75, 3.05) is 0 Å². The fourth-order valence-corrected chi connectivity index (χ4v) is 7.46. The molecule has 0 spiro atoms. The Hall–Kier alpha value is -6.24. The summed E-state index contributed by atoms with van der Waals surface area (Å²) in [6, 6.07) is 70.7. The zero-order valence-corrected chi connectivity index (χ0v) is 26.5. The van der Waals surface area contributed by atoms with Gasteiger partial charge < -0.3 is 0 Å². The summed E-state index contributed by atoms with van der Waals surface area (Å²) in [7, 11) is 0. The van der Waals surface area contributed by atoms with E-state index in [1.807, 2.05) is 0 Å². The molecule has 0 saturated heterocycles. The fourth-order valence-electron chi connectivity index (χ4n) is 7.46. The van der Waals surface area contributed by atoms with Crippen LogP contribution in [-0.2, 0) is 0 Å². The van der Waals surface area contributed by atoms with E-state index in [2.05, 4.69) is 194 Å². The summed E-state index contributed by atoms with van der Waals surface area (Å²) in [6.07, 6.45) is 0. The molecule has 0 unspecified atom stereocenters. The molecule has 0 bridgehead atoms. The zero-order chi connectivity index (χ0) is 31.9. The van der Waals surface area contributed by atoms with Gasteiger partial charge in [-0.15, -0.1) is 0 Å². The van der Waals surface area contributed by atoms with Gasteiger partial charge >= 0.3 is 0 Å². The quantitative estimate of drug-likeness (QED) is 0.171. The molecule has 0 aromatic heterocycles. The van der Waals surface area contributed by atoms with Gasteiger partial charge in [0.15, 0.2) is 0 Å². The number of hydrogen-bond donors (Lipinski definition) is 0. The van der Waals surface area contributed by atoms with Gasteiger partial charge in [-0.05, 0) is 94.0 Å². The topological polar surface area (TPSA) is 0 Å². The van der Waals surface area contributed by atoms with E-state index < -0.39 is 0 Å². The Morgan fingerprint density at radius 1 is 0.229 bits per heavy atom. The third kappa shape index (κ3) is 4.78. The Bertz CT molecular complexity index is 2570. The van der Waals surface area contributed by atoms with Gasteiger partial charge in [0.05, 0.1) is 0 Å². The van der Waals surface area contributed by atoms with Crippen molar-refractivity contribution >= 4 is 32.3 Å². The van der Waals surface area contributed by atoms with E-state index in [1.54, 1.807) is 0 Å². The van der Waals surface area contributed by atoms with E-state index in [4.69, 9.17) is 0 Å². The SMILES string of the molecule is c1ccc(-c2ccc(-c3cccc4c(-c5cccc6ccccc56)c5ccccc5c(-c5cccc(-c6ccccc6)c5)c34)cc2)cc1. The average Bonchev–Trinajstić information content (AvgIpc) is 3.17. The van der Waals surface area contributed by atoms with Crippen LogP contribution in [0, 0.1) is 0 Å². The van der Waals surface area contributed by atoms with Crippen molar-refractivity contribution in [2.45, 2.75) is 0 Å². The highest BCUT2D eigenvalue weighted by atomic mass is 14.2. The molecule has 48 heavy (non-hydrogen) atoms. The van der Waals surface area contributed by atoms with Crippen molar-refractivity contribution in [2.24, 2.45) is 0 Å². The lowest BCUT2D eigenvalue weighted by Gasteiger charge is -2.21. The number of rotatable bonds is 5. The lowest BCUT2D eigenvalue weighted by molar-refractivity contribution is 1.60. The van der Waals surface area contributed by atoms with E-state index >= 15 is 0 Å². The summed E-state index contributed by atoms with van der Waals surface area (Å²) >= 11 is 0. The lowest BCUT2D eigenvalue weighted by Crippen LogP contribution is -1.94. The smallest absolute Gasteiger partial charge is 0.00141 e. The molecule has 9 aromatic carbocycles. The van der Waals surface area contributed by atoms with Gasteiger partial charge in [0, 0.05) is 0 Å². The van der Waals surface area contributed by atoms with Crippen molar-refractivity contribution in [1.82, 2.24) is 0 Å². The Morgan fingerprint density at radius 3 is 1.44 bits per heavy atom. The highest BCUT2D eigenvalue weighted by molar-refractivity contribution is 6.26. The van der Waals surface area contributed by atoms with Crippen LogP contribution in [-0.4, -0.2) is 0 Å². The van der Waals surface area contributed by atoms with E-state index in [9.17, 15) is 0 Å². The molecule has 0 radical (unpaired) electrons. The largest absolute Gasteiger partial charge is 0.0622 e. The van der Waals surface area contributed by atoms with E-state index in [0.29, 0.717) is 0 Å². The lowest BCUT2D eigenvalue weighted by atomic mass is 9.81. The first-order valence-electron chi connectivity index (χ1n) is 16.6. The van der Waals surface area contributed by atoms with Crippen LogP contribution < -0.4 is 0 Å². The van der Waals surface area contributed by atoms with Crippen molar-refractivity contribution < 1.29 is 0 Å². The van der Waals surface area contributed by atoms with E-state index in [-0.39, 0.29) is 0 Å². The standard InChI is InChI=1S/C48H32/c1-3-14-33(15-4-1)35-28-30-37(31-29-35)41-25-13-27-45-47(42-26-12-19-36-18-7-8-22-40(36)42)44-24-10-9-23-43(44)46(48(41)45)39-21-11-20-38(32-39)34-16-5-2-6-17-34/h1-32H. The number of benzene rings is 9. The first-order valence-corrected chi connectivity index (χ1v) is 16.6. The van der Waals surface area contributed by atoms with Gasteiger partial charge in [0.25, 0.3) is 0 Å². The molecular formula is C48H32. The summed E-state index contributed by atoms with van der Waals surface area (Å²) in [6.45, 7) is 0. The third-order valence-electron chi connectivity index (χ3n) is 9.67. The van der Waals surface area contributed by atoms with E-state index in [0.717, 1.165) is 0 Å². The van der Waals surface area contributed by atoms with Gasteiger partial charge in [-0.1, -0.05) is 188 Å². The van der Waals surface area contributed by atoms with Crippen molar-refractivity contribution in [1.29, 1.82) is 0 Å². The second kappa shape index (κ2) is 11.8. The summed E-state index contributed by atoms with van der Waals surface area (Å²) in [5.74, 6) is 0. The van der Waals surface area contributed by atoms with Crippen LogP contribution in [0.2, 0.25) is 0 Å². The van der Waals surface area contributed by atoms with Crippen LogP contribution in [0.25, 0.3) is 88.0 Å². The third-order valence-corrected chi connectivity index (χ3v) is 9.67. The molecular weight excluding hydrogens is 577 g/mol. The minimum absolute atomic E-state index is 1.21. The summed E-state index contributed by atoms with van der Waals surface area (Å²) < 4.78 is 0. The minimum atomic E-state index is 1.21. The zero-order valence-electron chi connectivity index (χ0n) is 26.5. The number of hydrogen-bond acceptors (Lipinski definition) is 0. The van der Waals surface area contributed by atoms with Gasteiger partial charge in [-0.3, -0.25) is 0 Å². The maximum Gasteiger partial charge on any atom is -0.00141 e. The van der Waals surface area contributed by atoms with Crippen LogP contribution in [0.4, 0.5) is 0 Å². The Kier molecular flexibility index (Phi) is 6.91. The molecule has 9 aromatic rings. The first kappa shape index (κ1) is 28.0. The predicted molar refractivity (Wildman–Crippen MR) is 206 cm³/mol. The molecule has 0 heteroatoms. The maximum absolute atomic E-state index is 2.36. The fraction of sp³-hybridized carbons (Fsp3) is 0. The average molecular weight is 609 g/mol. The van der Waals surface area contributed by atoms with Crippen molar-refractivity contribution in [3.8, 4) is 55.6 Å². The Morgan fingerprint density at radius 2 is 0.688 bits per heavy atom. The molecule has 0 nitrogen and oxygen atoms in total. The second-order valence-electron chi connectivity index (χ2n) is 12.4. The predicted octanol–water partition coefficient (Wildman–Crippen LogP) is 13.5. The molecule has 0 saturated carbocycles. The molecule has 0 aliphatic rings. The molecule has 0 amide bonds. The molecule has 224 valence electrons.